The Labute approximate surface area is 149 Å². The van der Waals surface area contributed by atoms with E-state index >= 15 is 0 Å². The topological polar surface area (TPSA) is 62.9 Å². The number of hydrogen-bond acceptors (Lipinski definition) is 4. The van der Waals surface area contributed by atoms with Gasteiger partial charge >= 0.3 is 0 Å². The molecule has 0 bridgehead atoms. The van der Waals surface area contributed by atoms with Crippen LogP contribution in [-0.4, -0.2) is 16.9 Å². The van der Waals surface area contributed by atoms with Crippen LogP contribution in [0.4, 0.5) is 0 Å². The highest BCUT2D eigenvalue weighted by Gasteiger charge is 2.27. The first-order chi connectivity index (χ1) is 11.9. The van der Waals surface area contributed by atoms with Crippen LogP contribution in [0.25, 0.3) is 0 Å². The zero-order valence-electron chi connectivity index (χ0n) is 15.5. The Kier molecular flexibility index (Phi) is 4.82. The number of nitrogens with zero attached hydrogens (tertiary/aromatic N) is 3. The number of aromatic nitrogens is 2. The number of benzene rings is 1. The predicted molar refractivity (Wildman–Crippen MR) is 97.5 cm³/mol. The van der Waals surface area contributed by atoms with Gasteiger partial charge in [-0.25, -0.2) is 0 Å². The van der Waals surface area contributed by atoms with Gasteiger partial charge in [-0.3, -0.25) is 4.68 Å². The van der Waals surface area contributed by atoms with Gasteiger partial charge in [0.1, 0.15) is 11.8 Å². The third kappa shape index (κ3) is 3.54. The van der Waals surface area contributed by atoms with Crippen molar-refractivity contribution in [2.75, 3.05) is 7.11 Å². The molecule has 0 spiro atoms. The molecule has 0 radical (unpaired) electrons. The minimum Gasteiger partial charge on any atom is -0.495 e. The summed E-state index contributed by atoms with van der Waals surface area (Å²) in [5.74, 6) is 0.623. The van der Waals surface area contributed by atoms with Crippen LogP contribution in [0.15, 0.2) is 24.4 Å². The first kappa shape index (κ1) is 17.5. The average Bonchev–Trinajstić information content (AvgIpc) is 3.04. The van der Waals surface area contributed by atoms with Crippen molar-refractivity contribution >= 4 is 0 Å². The second-order valence-corrected chi connectivity index (χ2v) is 7.60. The van der Waals surface area contributed by atoms with Crippen molar-refractivity contribution in [3.63, 3.8) is 0 Å². The standard InChI is InChI=1S/C20H26N4O/c1-20(2,3)24-18-7-5-6-17(16(18)13-23-24)22-12-14-8-9-19(25-4)15(10-14)11-21/h8-10,13,17,22H,5-7,12H2,1-4H3/t17-/m0/s1. The van der Waals surface area contributed by atoms with E-state index in [-0.39, 0.29) is 5.54 Å². The van der Waals surface area contributed by atoms with Crippen LogP contribution in [0, 0.1) is 11.3 Å². The number of rotatable bonds is 4. The number of fused-ring (bicyclic) bond motifs is 1. The molecule has 0 saturated carbocycles. The van der Waals surface area contributed by atoms with Crippen molar-refractivity contribution in [2.24, 2.45) is 0 Å². The van der Waals surface area contributed by atoms with Crippen LogP contribution in [0.2, 0.25) is 0 Å². The first-order valence-corrected chi connectivity index (χ1v) is 8.81. The Morgan fingerprint density at radius 2 is 2.20 bits per heavy atom. The van der Waals surface area contributed by atoms with Gasteiger partial charge in [-0.15, -0.1) is 0 Å². The van der Waals surface area contributed by atoms with Crippen LogP contribution < -0.4 is 10.1 Å². The summed E-state index contributed by atoms with van der Waals surface area (Å²) in [5.41, 5.74) is 4.34. The Morgan fingerprint density at radius 1 is 1.40 bits per heavy atom. The van der Waals surface area contributed by atoms with E-state index in [1.54, 1.807) is 7.11 Å². The molecule has 1 heterocycles. The second-order valence-electron chi connectivity index (χ2n) is 7.60. The van der Waals surface area contributed by atoms with E-state index in [0.29, 0.717) is 17.4 Å². The van der Waals surface area contributed by atoms with Crippen LogP contribution in [0.1, 0.15) is 62.0 Å². The minimum absolute atomic E-state index is 0.00710. The quantitative estimate of drug-likeness (QED) is 0.923. The molecular weight excluding hydrogens is 312 g/mol. The monoisotopic (exact) mass is 338 g/mol. The maximum absolute atomic E-state index is 9.24. The molecule has 0 amide bonds. The van der Waals surface area contributed by atoms with E-state index in [1.165, 1.54) is 17.7 Å². The number of nitriles is 1. The Bertz CT molecular complexity index is 795. The van der Waals surface area contributed by atoms with Crippen LogP contribution in [-0.2, 0) is 18.5 Å². The normalized spacial score (nSPS) is 17.0. The van der Waals surface area contributed by atoms with Crippen LogP contribution in [0.3, 0.4) is 0 Å². The number of methoxy groups -OCH3 is 1. The fourth-order valence-electron chi connectivity index (χ4n) is 3.54. The molecule has 0 fully saturated rings. The van der Waals surface area contributed by atoms with Gasteiger partial charge in [0.05, 0.1) is 24.4 Å². The summed E-state index contributed by atoms with van der Waals surface area (Å²) in [6.45, 7) is 7.30. The van der Waals surface area contributed by atoms with Gasteiger partial charge in [0.25, 0.3) is 0 Å². The molecule has 0 unspecified atom stereocenters. The van der Waals surface area contributed by atoms with E-state index in [0.717, 1.165) is 24.9 Å². The Hall–Kier alpha value is -2.32. The van der Waals surface area contributed by atoms with Crippen molar-refractivity contribution < 1.29 is 4.74 Å². The van der Waals surface area contributed by atoms with Gasteiger partial charge < -0.3 is 10.1 Å². The molecule has 25 heavy (non-hydrogen) atoms. The summed E-state index contributed by atoms with van der Waals surface area (Å²) in [4.78, 5) is 0. The van der Waals surface area contributed by atoms with Gasteiger partial charge in [-0.2, -0.15) is 10.4 Å². The fourth-order valence-corrected chi connectivity index (χ4v) is 3.54. The summed E-state index contributed by atoms with van der Waals surface area (Å²) >= 11 is 0. The van der Waals surface area contributed by atoms with Gasteiger partial charge in [0, 0.05) is 23.8 Å². The van der Waals surface area contributed by atoms with E-state index in [2.05, 4.69) is 41.9 Å². The summed E-state index contributed by atoms with van der Waals surface area (Å²) < 4.78 is 7.38. The minimum atomic E-state index is 0.00710. The SMILES string of the molecule is COc1ccc(CN[C@H]2CCCc3c2cnn3C(C)(C)C)cc1C#N. The molecule has 0 saturated heterocycles. The molecule has 0 aliphatic heterocycles. The van der Waals surface area contributed by atoms with Crippen molar-refractivity contribution in [1.29, 1.82) is 5.26 Å². The van der Waals surface area contributed by atoms with Crippen molar-refractivity contribution in [3.8, 4) is 11.8 Å². The lowest BCUT2D eigenvalue weighted by molar-refractivity contribution is 0.334. The number of hydrogen-bond donors (Lipinski definition) is 1. The lowest BCUT2D eigenvalue weighted by Gasteiger charge is -2.28. The summed E-state index contributed by atoms with van der Waals surface area (Å²) in [6.07, 6.45) is 5.39. The second kappa shape index (κ2) is 6.89. The van der Waals surface area contributed by atoms with Crippen LogP contribution in [0.5, 0.6) is 5.75 Å². The largest absolute Gasteiger partial charge is 0.495 e. The number of ether oxygens (including phenoxy) is 1. The molecular formula is C20H26N4O. The highest BCUT2D eigenvalue weighted by atomic mass is 16.5. The molecule has 1 aromatic carbocycles. The molecule has 1 N–H and O–H groups in total. The Balaban J connectivity index is 1.76. The smallest absolute Gasteiger partial charge is 0.136 e. The molecule has 1 aliphatic rings. The molecule has 5 heteroatoms. The number of nitrogens with one attached hydrogen (secondary N) is 1. The molecule has 1 aliphatic carbocycles. The molecule has 5 nitrogen and oxygen atoms in total. The maximum atomic E-state index is 9.24. The molecule has 1 atom stereocenters. The molecule has 1 aromatic heterocycles. The van der Waals surface area contributed by atoms with Gasteiger partial charge in [-0.1, -0.05) is 6.07 Å². The zero-order valence-corrected chi connectivity index (χ0v) is 15.5. The molecule has 3 rings (SSSR count). The van der Waals surface area contributed by atoms with E-state index in [1.807, 2.05) is 24.4 Å². The molecule has 132 valence electrons. The van der Waals surface area contributed by atoms with E-state index in [9.17, 15) is 5.26 Å². The van der Waals surface area contributed by atoms with Gasteiger partial charge in [-0.05, 0) is 57.7 Å². The van der Waals surface area contributed by atoms with Crippen molar-refractivity contribution in [2.45, 2.75) is 58.2 Å². The zero-order chi connectivity index (χ0) is 18.0. The van der Waals surface area contributed by atoms with E-state index < -0.39 is 0 Å². The fraction of sp³-hybridized carbons (Fsp3) is 0.500. The van der Waals surface area contributed by atoms with Gasteiger partial charge in [0.2, 0.25) is 0 Å². The third-order valence-corrected chi connectivity index (χ3v) is 4.76. The van der Waals surface area contributed by atoms with Crippen molar-refractivity contribution in [3.05, 3.63) is 46.8 Å². The Morgan fingerprint density at radius 3 is 2.88 bits per heavy atom. The summed E-state index contributed by atoms with van der Waals surface area (Å²) in [5, 5.41) is 17.5. The predicted octanol–water partition coefficient (Wildman–Crippen LogP) is 3.69. The summed E-state index contributed by atoms with van der Waals surface area (Å²) in [7, 11) is 1.59. The first-order valence-electron chi connectivity index (χ1n) is 8.81. The maximum Gasteiger partial charge on any atom is 0.136 e. The van der Waals surface area contributed by atoms with Crippen molar-refractivity contribution in [1.82, 2.24) is 15.1 Å². The highest BCUT2D eigenvalue weighted by molar-refractivity contribution is 5.45. The van der Waals surface area contributed by atoms with Gasteiger partial charge in [0.15, 0.2) is 0 Å². The third-order valence-electron chi connectivity index (χ3n) is 4.76. The lowest BCUT2D eigenvalue weighted by atomic mass is 9.92. The molecule has 2 aromatic rings. The lowest BCUT2D eigenvalue weighted by Crippen LogP contribution is -2.29. The highest BCUT2D eigenvalue weighted by Crippen LogP contribution is 2.32. The summed E-state index contributed by atoms with van der Waals surface area (Å²) in [6, 6.07) is 8.27. The average molecular weight is 338 g/mol. The van der Waals surface area contributed by atoms with E-state index in [4.69, 9.17) is 4.74 Å². The van der Waals surface area contributed by atoms with Crippen LogP contribution >= 0.6 is 0 Å².